The minimum Gasteiger partial charge on any atom is -0.493 e. The molecule has 0 heterocycles. The number of methoxy groups -OCH3 is 1. The standard InChI is InChI=1S/C12H15NO3/c1-15-12-6-8(10(14)7-13)2-5-11(12)16-9-3-4-9/h2,5-6,9H,3-4,7,13H2,1H3. The first kappa shape index (κ1) is 11.0. The average Bonchev–Trinajstić information content (AvgIpc) is 3.12. The first-order chi connectivity index (χ1) is 7.74. The summed E-state index contributed by atoms with van der Waals surface area (Å²) in [5.74, 6) is 1.18. The van der Waals surface area contributed by atoms with E-state index >= 15 is 0 Å². The van der Waals surface area contributed by atoms with Crippen LogP contribution in [0.25, 0.3) is 0 Å². The maximum absolute atomic E-state index is 11.4. The molecule has 0 radical (unpaired) electrons. The molecule has 16 heavy (non-hydrogen) atoms. The lowest BCUT2D eigenvalue weighted by molar-refractivity contribution is 0.100. The van der Waals surface area contributed by atoms with Gasteiger partial charge in [0.1, 0.15) is 0 Å². The summed E-state index contributed by atoms with van der Waals surface area (Å²) in [4.78, 5) is 11.4. The smallest absolute Gasteiger partial charge is 0.176 e. The van der Waals surface area contributed by atoms with Crippen LogP contribution in [-0.4, -0.2) is 25.5 Å². The molecule has 2 N–H and O–H groups in total. The van der Waals surface area contributed by atoms with Gasteiger partial charge in [0, 0.05) is 5.56 Å². The van der Waals surface area contributed by atoms with Crippen LogP contribution in [0.1, 0.15) is 23.2 Å². The fourth-order valence-corrected chi connectivity index (χ4v) is 1.42. The predicted octanol–water partition coefficient (Wildman–Crippen LogP) is 1.38. The zero-order valence-corrected chi connectivity index (χ0v) is 9.23. The summed E-state index contributed by atoms with van der Waals surface area (Å²) in [6.45, 7) is 0.00594. The fraction of sp³-hybridized carbons (Fsp3) is 0.417. The molecule has 0 unspecified atom stereocenters. The van der Waals surface area contributed by atoms with Crippen LogP contribution in [-0.2, 0) is 0 Å². The van der Waals surface area contributed by atoms with Crippen molar-refractivity contribution in [3.05, 3.63) is 23.8 Å². The SMILES string of the molecule is COc1cc(C(=O)CN)ccc1OC1CC1. The highest BCUT2D eigenvalue weighted by atomic mass is 16.5. The van der Waals surface area contributed by atoms with Crippen LogP contribution in [0.4, 0.5) is 0 Å². The Morgan fingerprint density at radius 1 is 1.44 bits per heavy atom. The van der Waals surface area contributed by atoms with E-state index in [0.29, 0.717) is 23.2 Å². The third kappa shape index (κ3) is 2.33. The van der Waals surface area contributed by atoms with E-state index < -0.39 is 0 Å². The first-order valence-electron chi connectivity index (χ1n) is 5.32. The van der Waals surface area contributed by atoms with Gasteiger partial charge in [0.2, 0.25) is 0 Å². The molecule has 1 aromatic carbocycles. The quantitative estimate of drug-likeness (QED) is 0.763. The lowest BCUT2D eigenvalue weighted by atomic mass is 10.1. The van der Waals surface area contributed by atoms with Crippen molar-refractivity contribution >= 4 is 5.78 Å². The molecule has 0 amide bonds. The molecule has 0 aliphatic heterocycles. The van der Waals surface area contributed by atoms with Gasteiger partial charge in [0.15, 0.2) is 17.3 Å². The Morgan fingerprint density at radius 3 is 2.75 bits per heavy atom. The fourth-order valence-electron chi connectivity index (χ4n) is 1.42. The molecule has 1 aliphatic carbocycles. The lowest BCUT2D eigenvalue weighted by Crippen LogP contribution is -2.13. The average molecular weight is 221 g/mol. The number of ether oxygens (including phenoxy) is 2. The Hall–Kier alpha value is -1.55. The van der Waals surface area contributed by atoms with E-state index in [9.17, 15) is 4.79 Å². The minimum absolute atomic E-state index is 0.00594. The monoisotopic (exact) mass is 221 g/mol. The Morgan fingerprint density at radius 2 is 2.19 bits per heavy atom. The molecule has 1 saturated carbocycles. The molecule has 4 nitrogen and oxygen atoms in total. The van der Waals surface area contributed by atoms with E-state index in [1.54, 1.807) is 25.3 Å². The molecule has 0 aromatic heterocycles. The molecule has 86 valence electrons. The zero-order chi connectivity index (χ0) is 11.5. The molecule has 2 rings (SSSR count). The molecule has 1 fully saturated rings. The predicted molar refractivity (Wildman–Crippen MR) is 60.0 cm³/mol. The Bertz CT molecular complexity index is 399. The maximum atomic E-state index is 11.4. The second-order valence-corrected chi connectivity index (χ2v) is 3.81. The molecule has 0 bridgehead atoms. The number of rotatable bonds is 5. The number of carbonyl (C=O) groups excluding carboxylic acids is 1. The van der Waals surface area contributed by atoms with Crippen LogP contribution in [0, 0.1) is 0 Å². The summed E-state index contributed by atoms with van der Waals surface area (Å²) < 4.78 is 10.8. The largest absolute Gasteiger partial charge is 0.493 e. The molecule has 0 saturated heterocycles. The van der Waals surface area contributed by atoms with Crippen molar-refractivity contribution < 1.29 is 14.3 Å². The molecule has 4 heteroatoms. The topological polar surface area (TPSA) is 61.5 Å². The highest BCUT2D eigenvalue weighted by Crippen LogP contribution is 2.34. The van der Waals surface area contributed by atoms with Gasteiger partial charge in [-0.2, -0.15) is 0 Å². The van der Waals surface area contributed by atoms with Crippen LogP contribution < -0.4 is 15.2 Å². The number of benzene rings is 1. The Kier molecular flexibility index (Phi) is 3.10. The van der Waals surface area contributed by atoms with Gasteiger partial charge in [-0.1, -0.05) is 0 Å². The van der Waals surface area contributed by atoms with Crippen molar-refractivity contribution in [2.45, 2.75) is 18.9 Å². The third-order valence-electron chi connectivity index (χ3n) is 2.49. The molecule has 1 aromatic rings. The number of hydrogen-bond donors (Lipinski definition) is 1. The summed E-state index contributed by atoms with van der Waals surface area (Å²) in [6.07, 6.45) is 2.49. The van der Waals surface area contributed by atoms with Gasteiger partial charge in [-0.05, 0) is 31.0 Å². The van der Waals surface area contributed by atoms with Crippen molar-refractivity contribution in [1.82, 2.24) is 0 Å². The van der Waals surface area contributed by atoms with E-state index in [1.165, 1.54) is 0 Å². The van der Waals surface area contributed by atoms with Gasteiger partial charge in [-0.25, -0.2) is 0 Å². The van der Waals surface area contributed by atoms with Crippen molar-refractivity contribution in [3.63, 3.8) is 0 Å². The van der Waals surface area contributed by atoms with Crippen LogP contribution in [0.15, 0.2) is 18.2 Å². The summed E-state index contributed by atoms with van der Waals surface area (Å²) in [7, 11) is 1.56. The first-order valence-corrected chi connectivity index (χ1v) is 5.32. The van der Waals surface area contributed by atoms with Gasteiger partial charge >= 0.3 is 0 Å². The second kappa shape index (κ2) is 4.53. The van der Waals surface area contributed by atoms with Crippen LogP contribution in [0.5, 0.6) is 11.5 Å². The second-order valence-electron chi connectivity index (χ2n) is 3.81. The van der Waals surface area contributed by atoms with Crippen LogP contribution in [0.2, 0.25) is 0 Å². The van der Waals surface area contributed by atoms with E-state index in [4.69, 9.17) is 15.2 Å². The summed E-state index contributed by atoms with van der Waals surface area (Å²) >= 11 is 0. The highest BCUT2D eigenvalue weighted by Gasteiger charge is 2.25. The zero-order valence-electron chi connectivity index (χ0n) is 9.23. The number of ketones is 1. The number of hydrogen-bond acceptors (Lipinski definition) is 4. The van der Waals surface area contributed by atoms with Crippen LogP contribution in [0.3, 0.4) is 0 Å². The van der Waals surface area contributed by atoms with Crippen molar-refractivity contribution in [2.24, 2.45) is 5.73 Å². The molecular formula is C12H15NO3. The number of carbonyl (C=O) groups is 1. The third-order valence-corrected chi connectivity index (χ3v) is 2.49. The molecular weight excluding hydrogens is 206 g/mol. The highest BCUT2D eigenvalue weighted by molar-refractivity contribution is 5.98. The van der Waals surface area contributed by atoms with E-state index in [1.807, 2.05) is 0 Å². The normalized spacial score (nSPS) is 14.6. The van der Waals surface area contributed by atoms with Crippen molar-refractivity contribution in [1.29, 1.82) is 0 Å². The number of Topliss-reactive ketones (excluding diaryl/α,β-unsaturated/α-hetero) is 1. The maximum Gasteiger partial charge on any atom is 0.176 e. The van der Waals surface area contributed by atoms with E-state index in [0.717, 1.165) is 12.8 Å². The summed E-state index contributed by atoms with van der Waals surface area (Å²) in [5, 5.41) is 0. The molecule has 0 atom stereocenters. The Balaban J connectivity index is 2.22. The van der Waals surface area contributed by atoms with E-state index in [-0.39, 0.29) is 12.3 Å². The van der Waals surface area contributed by atoms with Gasteiger partial charge in [-0.15, -0.1) is 0 Å². The van der Waals surface area contributed by atoms with E-state index in [2.05, 4.69) is 0 Å². The van der Waals surface area contributed by atoms with Gasteiger partial charge in [0.25, 0.3) is 0 Å². The number of nitrogens with two attached hydrogens (primary N) is 1. The van der Waals surface area contributed by atoms with Crippen molar-refractivity contribution in [3.8, 4) is 11.5 Å². The van der Waals surface area contributed by atoms with Gasteiger partial charge in [-0.3, -0.25) is 4.79 Å². The summed E-state index contributed by atoms with van der Waals surface area (Å²) in [6, 6.07) is 5.16. The summed E-state index contributed by atoms with van der Waals surface area (Å²) in [5.41, 5.74) is 5.86. The lowest BCUT2D eigenvalue weighted by Gasteiger charge is -2.10. The van der Waals surface area contributed by atoms with Crippen LogP contribution >= 0.6 is 0 Å². The molecule has 0 spiro atoms. The molecule has 1 aliphatic rings. The Labute approximate surface area is 94.3 Å². The van der Waals surface area contributed by atoms with Gasteiger partial charge in [0.05, 0.1) is 19.8 Å². The van der Waals surface area contributed by atoms with Gasteiger partial charge < -0.3 is 15.2 Å². The minimum atomic E-state index is -0.101. The van der Waals surface area contributed by atoms with Crippen molar-refractivity contribution in [2.75, 3.05) is 13.7 Å².